The van der Waals surface area contributed by atoms with Crippen molar-refractivity contribution in [3.63, 3.8) is 0 Å². The Morgan fingerprint density at radius 1 is 0.968 bits per heavy atom. The second-order valence-electron chi connectivity index (χ2n) is 6.59. The van der Waals surface area contributed by atoms with Crippen molar-refractivity contribution in [1.82, 2.24) is 20.0 Å². The smallest absolute Gasteiger partial charge is 0.259 e. The third-order valence-electron chi connectivity index (χ3n) is 4.51. The highest BCUT2D eigenvalue weighted by atomic mass is 16.6. The minimum absolute atomic E-state index is 0.281. The van der Waals surface area contributed by atoms with Crippen LogP contribution in [0.3, 0.4) is 0 Å². The zero-order valence-electron chi connectivity index (χ0n) is 16.3. The van der Waals surface area contributed by atoms with Crippen molar-refractivity contribution in [1.29, 1.82) is 0 Å². The molecule has 0 saturated carbocycles. The van der Waals surface area contributed by atoms with Gasteiger partial charge in [0.25, 0.3) is 5.91 Å². The maximum atomic E-state index is 12.7. The first-order valence-electron chi connectivity index (χ1n) is 9.58. The van der Waals surface area contributed by atoms with E-state index in [2.05, 4.69) is 20.6 Å². The van der Waals surface area contributed by atoms with Crippen LogP contribution in [-0.4, -0.2) is 39.1 Å². The number of nitrogens with one attached hydrogen (secondary N) is 1. The van der Waals surface area contributed by atoms with Gasteiger partial charge in [-0.05, 0) is 48.5 Å². The molecule has 9 heteroatoms. The number of carbonyl (C=O) groups is 1. The molecule has 0 radical (unpaired) electrons. The molecule has 4 aromatic rings. The molecule has 154 valence electrons. The highest BCUT2D eigenvalue weighted by Crippen LogP contribution is 2.34. The molecule has 1 aliphatic heterocycles. The van der Waals surface area contributed by atoms with Crippen LogP contribution in [0.15, 0.2) is 73.1 Å². The summed E-state index contributed by atoms with van der Waals surface area (Å²) in [6.07, 6.45) is 3.45. The van der Waals surface area contributed by atoms with Crippen LogP contribution in [-0.2, 0) is 0 Å². The van der Waals surface area contributed by atoms with Crippen LogP contribution in [0.2, 0.25) is 0 Å². The number of anilines is 1. The Balaban J connectivity index is 1.25. The normalized spacial score (nSPS) is 12.3. The molecule has 0 atom stereocenters. The van der Waals surface area contributed by atoms with Gasteiger partial charge in [0, 0.05) is 24.1 Å². The number of nitrogens with zero attached hydrogens (tertiary/aromatic N) is 4. The fourth-order valence-corrected chi connectivity index (χ4v) is 3.07. The summed E-state index contributed by atoms with van der Waals surface area (Å²) in [5.74, 6) is 2.25. The lowest BCUT2D eigenvalue weighted by molar-refractivity contribution is 0.101. The molecule has 0 bridgehead atoms. The average Bonchev–Trinajstić information content (AvgIpc) is 3.35. The van der Waals surface area contributed by atoms with Crippen molar-refractivity contribution in [2.75, 3.05) is 18.5 Å². The molecular formula is C22H17N5O4. The summed E-state index contributed by atoms with van der Waals surface area (Å²) >= 11 is 0. The maximum absolute atomic E-state index is 12.7. The van der Waals surface area contributed by atoms with E-state index in [0.29, 0.717) is 53.4 Å². The van der Waals surface area contributed by atoms with E-state index in [1.165, 1.54) is 0 Å². The first-order chi connectivity index (χ1) is 15.3. The molecule has 3 heterocycles. The van der Waals surface area contributed by atoms with Crippen LogP contribution in [0.1, 0.15) is 10.4 Å². The van der Waals surface area contributed by atoms with Crippen molar-refractivity contribution in [3.05, 3.63) is 78.6 Å². The summed E-state index contributed by atoms with van der Waals surface area (Å²) in [4.78, 5) is 12.7. The molecule has 2 aromatic carbocycles. The van der Waals surface area contributed by atoms with E-state index in [1.807, 2.05) is 0 Å². The summed E-state index contributed by atoms with van der Waals surface area (Å²) in [6.45, 7) is 0.880. The molecule has 1 N–H and O–H groups in total. The van der Waals surface area contributed by atoms with E-state index in [1.54, 1.807) is 77.7 Å². The van der Waals surface area contributed by atoms with Crippen molar-refractivity contribution < 1.29 is 19.0 Å². The molecular weight excluding hydrogens is 398 g/mol. The van der Waals surface area contributed by atoms with Gasteiger partial charge < -0.3 is 19.5 Å². The number of hydrogen-bond acceptors (Lipinski definition) is 7. The molecule has 31 heavy (non-hydrogen) atoms. The van der Waals surface area contributed by atoms with Crippen LogP contribution in [0, 0.1) is 0 Å². The number of aromatic nitrogens is 4. The third-order valence-corrected chi connectivity index (χ3v) is 4.51. The van der Waals surface area contributed by atoms with Gasteiger partial charge in [-0.1, -0.05) is 6.07 Å². The fraction of sp³-hybridized carbons (Fsp3) is 0.0909. The van der Waals surface area contributed by atoms with Crippen molar-refractivity contribution >= 4 is 11.6 Å². The molecule has 0 aliphatic carbocycles. The summed E-state index contributed by atoms with van der Waals surface area (Å²) < 4.78 is 18.5. The standard InChI is InChI=1S/C22H17N5O4/c28-22(17-3-1-4-18-21(17)30-14-13-29-18)24-15-5-7-16(8-6-15)31-20-10-9-19(25-26-20)27-12-2-11-23-27/h1-12H,13-14H2,(H,24,28). The second-order valence-corrected chi connectivity index (χ2v) is 6.59. The van der Waals surface area contributed by atoms with E-state index < -0.39 is 0 Å². The first-order valence-corrected chi connectivity index (χ1v) is 9.58. The minimum atomic E-state index is -0.281. The molecule has 0 fully saturated rings. The monoisotopic (exact) mass is 415 g/mol. The van der Waals surface area contributed by atoms with Gasteiger partial charge in [0.05, 0.1) is 5.56 Å². The summed E-state index contributed by atoms with van der Waals surface area (Å²) in [5.41, 5.74) is 1.04. The van der Waals surface area contributed by atoms with Crippen molar-refractivity contribution in [2.45, 2.75) is 0 Å². The Morgan fingerprint density at radius 3 is 2.61 bits per heavy atom. The number of hydrogen-bond donors (Lipinski definition) is 1. The average molecular weight is 415 g/mol. The molecule has 2 aromatic heterocycles. The van der Waals surface area contributed by atoms with E-state index >= 15 is 0 Å². The molecule has 0 saturated heterocycles. The van der Waals surface area contributed by atoms with Gasteiger partial charge in [-0.15, -0.1) is 10.2 Å². The number of amides is 1. The van der Waals surface area contributed by atoms with Crippen LogP contribution in [0.4, 0.5) is 5.69 Å². The van der Waals surface area contributed by atoms with Crippen molar-refractivity contribution in [3.8, 4) is 28.9 Å². The highest BCUT2D eigenvalue weighted by Gasteiger charge is 2.20. The Labute approximate surface area is 177 Å². The Kier molecular flexibility index (Phi) is 4.89. The van der Waals surface area contributed by atoms with Gasteiger partial charge in [0.15, 0.2) is 17.3 Å². The lowest BCUT2D eigenvalue weighted by atomic mass is 10.1. The van der Waals surface area contributed by atoms with Gasteiger partial charge >= 0.3 is 0 Å². The lowest BCUT2D eigenvalue weighted by Gasteiger charge is -2.20. The maximum Gasteiger partial charge on any atom is 0.259 e. The largest absolute Gasteiger partial charge is 0.486 e. The van der Waals surface area contributed by atoms with E-state index in [0.717, 1.165) is 0 Å². The Bertz CT molecular complexity index is 1190. The predicted molar refractivity (Wildman–Crippen MR) is 111 cm³/mol. The van der Waals surface area contributed by atoms with Gasteiger partial charge in [-0.2, -0.15) is 5.10 Å². The van der Waals surface area contributed by atoms with Gasteiger partial charge in [0.1, 0.15) is 19.0 Å². The number of fused-ring (bicyclic) bond motifs is 1. The third kappa shape index (κ3) is 4.01. The highest BCUT2D eigenvalue weighted by molar-refractivity contribution is 6.06. The second kappa shape index (κ2) is 8.15. The van der Waals surface area contributed by atoms with Gasteiger partial charge in [-0.3, -0.25) is 4.79 Å². The van der Waals surface area contributed by atoms with Gasteiger partial charge in [-0.25, -0.2) is 4.68 Å². The minimum Gasteiger partial charge on any atom is -0.486 e. The number of rotatable bonds is 5. The topological polar surface area (TPSA) is 100 Å². The molecule has 1 aliphatic rings. The van der Waals surface area contributed by atoms with Crippen LogP contribution in [0.25, 0.3) is 5.82 Å². The molecule has 0 spiro atoms. The molecule has 0 unspecified atom stereocenters. The SMILES string of the molecule is O=C(Nc1ccc(Oc2ccc(-n3cccn3)nn2)cc1)c1cccc2c1OCCO2. The zero-order chi connectivity index (χ0) is 21.0. The number of para-hydroxylation sites is 1. The van der Waals surface area contributed by atoms with E-state index in [4.69, 9.17) is 14.2 Å². The number of benzene rings is 2. The molecule has 9 nitrogen and oxygen atoms in total. The summed E-state index contributed by atoms with van der Waals surface area (Å²) in [7, 11) is 0. The summed E-state index contributed by atoms with van der Waals surface area (Å²) in [5, 5.41) is 15.1. The van der Waals surface area contributed by atoms with Crippen LogP contribution in [0.5, 0.6) is 23.1 Å². The quantitative estimate of drug-likeness (QED) is 0.533. The molecule has 5 rings (SSSR count). The summed E-state index contributed by atoms with van der Waals surface area (Å²) in [6, 6.07) is 17.5. The van der Waals surface area contributed by atoms with Crippen LogP contribution >= 0.6 is 0 Å². The Morgan fingerprint density at radius 2 is 1.84 bits per heavy atom. The number of ether oxygens (including phenoxy) is 3. The predicted octanol–water partition coefficient (Wildman–Crippen LogP) is 3.48. The number of carbonyl (C=O) groups excluding carboxylic acids is 1. The van der Waals surface area contributed by atoms with Gasteiger partial charge in [0.2, 0.25) is 5.88 Å². The van der Waals surface area contributed by atoms with E-state index in [-0.39, 0.29) is 5.91 Å². The zero-order valence-corrected chi connectivity index (χ0v) is 16.3. The lowest BCUT2D eigenvalue weighted by Crippen LogP contribution is -2.20. The van der Waals surface area contributed by atoms with Crippen molar-refractivity contribution in [2.24, 2.45) is 0 Å². The molecule has 1 amide bonds. The Hall–Kier alpha value is -4.40. The van der Waals surface area contributed by atoms with E-state index in [9.17, 15) is 4.79 Å². The first kappa shape index (κ1) is 18.6. The van der Waals surface area contributed by atoms with Crippen LogP contribution < -0.4 is 19.5 Å². The fourth-order valence-electron chi connectivity index (χ4n) is 3.07.